The zero-order chi connectivity index (χ0) is 19.1. The Morgan fingerprint density at radius 3 is 2.50 bits per heavy atom. The summed E-state index contributed by atoms with van der Waals surface area (Å²) in [6.07, 6.45) is -1.58. The molecule has 138 valence electrons. The Labute approximate surface area is 147 Å². The van der Waals surface area contributed by atoms with Crippen molar-refractivity contribution in [2.24, 2.45) is 0 Å². The van der Waals surface area contributed by atoms with Crippen LogP contribution in [0.25, 0.3) is 0 Å². The number of methoxy groups -OCH3 is 1. The number of aromatic nitrogens is 1. The van der Waals surface area contributed by atoms with Crippen LogP contribution in [0.5, 0.6) is 5.75 Å². The molecule has 1 aromatic heterocycles. The van der Waals surface area contributed by atoms with E-state index in [2.05, 4.69) is 4.98 Å². The molecule has 1 fully saturated rings. The number of halogens is 3. The number of alkyl halides is 3. The predicted octanol–water partition coefficient (Wildman–Crippen LogP) is 3.52. The van der Waals surface area contributed by atoms with E-state index in [1.54, 1.807) is 6.07 Å². The second-order valence-corrected chi connectivity index (χ2v) is 6.13. The van der Waals surface area contributed by atoms with Crippen molar-refractivity contribution < 1.29 is 22.7 Å². The minimum absolute atomic E-state index is 0.0326. The van der Waals surface area contributed by atoms with Gasteiger partial charge in [-0.05, 0) is 38.0 Å². The Morgan fingerprint density at radius 1 is 1.27 bits per heavy atom. The summed E-state index contributed by atoms with van der Waals surface area (Å²) >= 11 is 0. The summed E-state index contributed by atoms with van der Waals surface area (Å²) in [4.78, 5) is 28.6. The molecule has 1 aliphatic rings. The van der Waals surface area contributed by atoms with E-state index >= 15 is 0 Å². The van der Waals surface area contributed by atoms with Crippen molar-refractivity contribution >= 4 is 11.6 Å². The third-order valence-corrected chi connectivity index (χ3v) is 4.31. The maximum absolute atomic E-state index is 13.1. The molecule has 0 bridgehead atoms. The third kappa shape index (κ3) is 3.31. The van der Waals surface area contributed by atoms with Crippen molar-refractivity contribution in [3.05, 3.63) is 57.5 Å². The molecule has 26 heavy (non-hydrogen) atoms. The Kier molecular flexibility index (Phi) is 4.52. The molecule has 0 saturated heterocycles. The molecule has 3 rings (SSSR count). The summed E-state index contributed by atoms with van der Waals surface area (Å²) in [5.41, 5.74) is -0.921. The van der Waals surface area contributed by atoms with E-state index in [-0.39, 0.29) is 28.5 Å². The molecule has 1 heterocycles. The first-order chi connectivity index (χ1) is 12.2. The highest BCUT2D eigenvalue weighted by molar-refractivity contribution is 6.08. The Balaban J connectivity index is 2.08. The first-order valence-electron chi connectivity index (χ1n) is 8.01. The Bertz CT molecular complexity index is 901. The van der Waals surface area contributed by atoms with Crippen molar-refractivity contribution in [1.82, 2.24) is 4.98 Å². The summed E-state index contributed by atoms with van der Waals surface area (Å²) < 4.78 is 44.5. The molecule has 2 aromatic rings. The van der Waals surface area contributed by atoms with Crippen molar-refractivity contribution in [3.8, 4) is 5.75 Å². The van der Waals surface area contributed by atoms with Gasteiger partial charge >= 0.3 is 6.18 Å². The fourth-order valence-electron chi connectivity index (χ4n) is 2.97. The Hall–Kier alpha value is -2.77. The molecule has 8 heteroatoms. The molecule has 1 aromatic carbocycles. The van der Waals surface area contributed by atoms with E-state index in [9.17, 15) is 22.8 Å². The van der Waals surface area contributed by atoms with Gasteiger partial charge in [0.1, 0.15) is 5.75 Å². The molecule has 1 saturated carbocycles. The number of nitrogens with one attached hydrogen (secondary N) is 1. The number of benzene rings is 1. The molecule has 0 unspecified atom stereocenters. The van der Waals surface area contributed by atoms with Gasteiger partial charge in [-0.3, -0.25) is 9.59 Å². The number of H-pyrrole nitrogens is 1. The zero-order valence-electron chi connectivity index (χ0n) is 14.2. The quantitative estimate of drug-likeness (QED) is 0.901. The number of carbonyl (C=O) groups is 1. The van der Waals surface area contributed by atoms with Crippen LogP contribution >= 0.6 is 0 Å². The van der Waals surface area contributed by atoms with E-state index in [1.165, 1.54) is 31.2 Å². The largest absolute Gasteiger partial charge is 0.496 e. The van der Waals surface area contributed by atoms with Crippen LogP contribution in [0.2, 0.25) is 0 Å². The number of amides is 1. The summed E-state index contributed by atoms with van der Waals surface area (Å²) in [6, 6.07) is 4.80. The van der Waals surface area contributed by atoms with E-state index in [0.29, 0.717) is 5.69 Å². The van der Waals surface area contributed by atoms with E-state index < -0.39 is 17.6 Å². The van der Waals surface area contributed by atoms with Gasteiger partial charge in [0.25, 0.3) is 5.91 Å². The molecular formula is C18H17F3N2O3. The van der Waals surface area contributed by atoms with Crippen LogP contribution in [-0.2, 0) is 6.18 Å². The number of hydrogen-bond acceptors (Lipinski definition) is 3. The number of carbonyl (C=O) groups excluding carboxylic acids is 1. The molecule has 0 aliphatic heterocycles. The average molecular weight is 366 g/mol. The SMILES string of the molecule is COc1c(C(=O)N(c2cc[nH]c(=O)c2)C2CC2)ccc(C(F)(F)F)c1C. The lowest BCUT2D eigenvalue weighted by atomic mass is 10.0. The topological polar surface area (TPSA) is 62.4 Å². The maximum atomic E-state index is 13.1. The van der Waals surface area contributed by atoms with Gasteiger partial charge in [-0.2, -0.15) is 13.2 Å². The van der Waals surface area contributed by atoms with E-state index in [0.717, 1.165) is 25.0 Å². The molecule has 1 amide bonds. The second kappa shape index (κ2) is 6.51. The summed E-state index contributed by atoms with van der Waals surface area (Å²) in [7, 11) is 1.23. The highest BCUT2D eigenvalue weighted by atomic mass is 19.4. The predicted molar refractivity (Wildman–Crippen MR) is 89.6 cm³/mol. The number of rotatable bonds is 4. The fraction of sp³-hybridized carbons (Fsp3) is 0.333. The van der Waals surface area contributed by atoms with Crippen LogP contribution in [0.1, 0.15) is 34.3 Å². The second-order valence-electron chi connectivity index (χ2n) is 6.13. The number of nitrogens with zero attached hydrogens (tertiary/aromatic N) is 1. The molecule has 0 spiro atoms. The number of pyridine rings is 1. The lowest BCUT2D eigenvalue weighted by Crippen LogP contribution is -2.34. The minimum atomic E-state index is -4.54. The highest BCUT2D eigenvalue weighted by Gasteiger charge is 2.38. The molecular weight excluding hydrogens is 349 g/mol. The van der Waals surface area contributed by atoms with Crippen LogP contribution in [0.4, 0.5) is 18.9 Å². The van der Waals surface area contributed by atoms with Gasteiger partial charge in [0, 0.05) is 23.9 Å². The van der Waals surface area contributed by atoms with Gasteiger partial charge < -0.3 is 14.6 Å². The van der Waals surface area contributed by atoms with Gasteiger partial charge in [0.2, 0.25) is 5.56 Å². The van der Waals surface area contributed by atoms with Crippen LogP contribution in [-0.4, -0.2) is 24.0 Å². The molecule has 0 atom stereocenters. The van der Waals surface area contributed by atoms with Gasteiger partial charge in [0.15, 0.2) is 0 Å². The number of aromatic amines is 1. The van der Waals surface area contributed by atoms with E-state index in [1.807, 2.05) is 0 Å². The summed E-state index contributed by atoms with van der Waals surface area (Å²) in [6.45, 7) is 1.27. The number of ether oxygens (including phenoxy) is 1. The van der Waals surface area contributed by atoms with Crippen molar-refractivity contribution in [2.75, 3.05) is 12.0 Å². The molecule has 1 N–H and O–H groups in total. The van der Waals surface area contributed by atoms with Crippen LogP contribution in [0.15, 0.2) is 35.3 Å². The monoisotopic (exact) mass is 366 g/mol. The highest BCUT2D eigenvalue weighted by Crippen LogP contribution is 2.39. The fourth-order valence-corrected chi connectivity index (χ4v) is 2.97. The average Bonchev–Trinajstić information content (AvgIpc) is 3.38. The molecule has 0 radical (unpaired) electrons. The van der Waals surface area contributed by atoms with Crippen molar-refractivity contribution in [3.63, 3.8) is 0 Å². The summed E-state index contributed by atoms with van der Waals surface area (Å²) in [5, 5.41) is 0. The first kappa shape index (κ1) is 18.0. The van der Waals surface area contributed by atoms with Gasteiger partial charge in [-0.1, -0.05) is 0 Å². The standard InChI is InChI=1S/C18H17F3N2O3/c1-10-14(18(19,20)21)6-5-13(16(10)26-2)17(25)23(11-3-4-11)12-7-8-22-15(24)9-12/h5-9,11H,3-4H2,1-2H3,(H,22,24). The van der Waals surface area contributed by atoms with Gasteiger partial charge in [-0.25, -0.2) is 0 Å². The lowest BCUT2D eigenvalue weighted by molar-refractivity contribution is -0.138. The number of anilines is 1. The zero-order valence-corrected chi connectivity index (χ0v) is 14.2. The first-order valence-corrected chi connectivity index (χ1v) is 8.01. The van der Waals surface area contributed by atoms with Crippen LogP contribution in [0.3, 0.4) is 0 Å². The van der Waals surface area contributed by atoms with Crippen LogP contribution < -0.4 is 15.2 Å². The third-order valence-electron chi connectivity index (χ3n) is 4.31. The van der Waals surface area contributed by atoms with Crippen LogP contribution in [0, 0.1) is 6.92 Å². The minimum Gasteiger partial charge on any atom is -0.496 e. The lowest BCUT2D eigenvalue weighted by Gasteiger charge is -2.24. The van der Waals surface area contributed by atoms with Gasteiger partial charge in [-0.15, -0.1) is 0 Å². The smallest absolute Gasteiger partial charge is 0.416 e. The normalized spacial score (nSPS) is 14.2. The van der Waals surface area contributed by atoms with E-state index in [4.69, 9.17) is 4.74 Å². The van der Waals surface area contributed by atoms with Crippen molar-refractivity contribution in [2.45, 2.75) is 32.0 Å². The Morgan fingerprint density at radius 2 is 1.96 bits per heavy atom. The maximum Gasteiger partial charge on any atom is 0.416 e. The van der Waals surface area contributed by atoms with Crippen molar-refractivity contribution in [1.29, 1.82) is 0 Å². The molecule has 1 aliphatic carbocycles. The molecule has 5 nitrogen and oxygen atoms in total. The number of hydrogen-bond donors (Lipinski definition) is 1. The summed E-state index contributed by atoms with van der Waals surface area (Å²) in [5.74, 6) is -0.605. The van der Waals surface area contributed by atoms with Gasteiger partial charge in [0.05, 0.1) is 23.9 Å².